The van der Waals surface area contributed by atoms with Gasteiger partial charge in [-0.2, -0.15) is 0 Å². The van der Waals surface area contributed by atoms with Crippen LogP contribution in [-0.4, -0.2) is 50.2 Å². The Balaban J connectivity index is 1.25. The number of hydrogen-bond acceptors (Lipinski definition) is 5. The molecule has 29 heavy (non-hydrogen) atoms. The Labute approximate surface area is 180 Å². The summed E-state index contributed by atoms with van der Waals surface area (Å²) in [6, 6.07) is 8.54. The topological polar surface area (TPSA) is 81.9 Å². The summed E-state index contributed by atoms with van der Waals surface area (Å²) in [7, 11) is 2.10. The van der Waals surface area contributed by atoms with E-state index in [1.807, 2.05) is 4.08 Å². The number of nitrogens with zero attached hydrogens (tertiary/aromatic N) is 3. The maximum atomic E-state index is 11.4. The summed E-state index contributed by atoms with van der Waals surface area (Å²) in [6.07, 6.45) is 6.08. The van der Waals surface area contributed by atoms with Crippen molar-refractivity contribution in [2.75, 3.05) is 19.6 Å². The fourth-order valence-electron chi connectivity index (χ4n) is 3.91. The first-order chi connectivity index (χ1) is 14.2. The summed E-state index contributed by atoms with van der Waals surface area (Å²) in [5.41, 5.74) is 4.75. The van der Waals surface area contributed by atoms with Crippen molar-refractivity contribution in [3.05, 3.63) is 45.7 Å². The molecule has 2 aromatic rings. The second kappa shape index (κ2) is 9.29. The van der Waals surface area contributed by atoms with Gasteiger partial charge in [0.1, 0.15) is 3.76 Å². The summed E-state index contributed by atoms with van der Waals surface area (Å²) in [4.78, 5) is 18.3. The maximum absolute atomic E-state index is 11.4. The number of hydrogen-bond donors (Lipinski definition) is 3. The van der Waals surface area contributed by atoms with E-state index in [-0.39, 0.29) is 0 Å². The first-order valence-electron chi connectivity index (χ1n) is 9.83. The molecule has 2 aliphatic rings. The molecule has 0 aliphatic carbocycles. The molecule has 7 nitrogen and oxygen atoms in total. The molecule has 1 aromatic heterocycles. The van der Waals surface area contributed by atoms with Crippen LogP contribution in [0, 0.1) is 5.92 Å². The van der Waals surface area contributed by atoms with E-state index in [9.17, 15) is 4.79 Å². The minimum atomic E-state index is -0.483. The molecule has 0 atom stereocenters. The average molecular weight is 507 g/mol. The molecule has 0 radical (unpaired) electrons. The number of hydroxylamine groups is 1. The number of para-hydroxylation sites is 1. The summed E-state index contributed by atoms with van der Waals surface area (Å²) >= 11 is -0.435. The lowest BCUT2D eigenvalue weighted by Gasteiger charge is -2.32. The van der Waals surface area contributed by atoms with Crippen molar-refractivity contribution >= 4 is 47.5 Å². The maximum Gasteiger partial charge on any atom is 0.276 e. The quantitative estimate of drug-likeness (QED) is 0.319. The predicted molar refractivity (Wildman–Crippen MR) is 124 cm³/mol. The zero-order valence-corrected chi connectivity index (χ0v) is 18.6. The highest BCUT2D eigenvalue weighted by Gasteiger charge is 2.22. The van der Waals surface area contributed by atoms with Gasteiger partial charge < -0.3 is 9.88 Å². The van der Waals surface area contributed by atoms with Crippen molar-refractivity contribution in [3.63, 3.8) is 0 Å². The third-order valence-electron chi connectivity index (χ3n) is 5.55. The molecule has 1 saturated heterocycles. The number of rotatable bonds is 6. The molecule has 8 heteroatoms. The SMILES string of the molecule is Cn1cc(CNCC2CCN(C3=IC=C(C(=O)NO)C=N3)CC2)c2ccccc21. The van der Waals surface area contributed by atoms with Gasteiger partial charge in [0.05, 0.1) is 5.57 Å². The third kappa shape index (κ3) is 4.66. The molecule has 2 aliphatic heterocycles. The largest absolute Gasteiger partial charge is 0.350 e. The van der Waals surface area contributed by atoms with E-state index in [2.05, 4.69) is 57.3 Å². The number of carbonyl (C=O) groups excluding carboxylic acids is 1. The van der Waals surface area contributed by atoms with Crippen LogP contribution in [0.25, 0.3) is 10.9 Å². The highest BCUT2D eigenvalue weighted by molar-refractivity contribution is 14.2. The van der Waals surface area contributed by atoms with Crippen LogP contribution in [0.3, 0.4) is 0 Å². The van der Waals surface area contributed by atoms with Gasteiger partial charge in [-0.05, 0) is 41.0 Å². The van der Waals surface area contributed by atoms with Crippen LogP contribution < -0.4 is 10.8 Å². The summed E-state index contributed by atoms with van der Waals surface area (Å²) in [5, 5.41) is 13.7. The number of benzene rings is 1. The zero-order valence-electron chi connectivity index (χ0n) is 16.4. The van der Waals surface area contributed by atoms with E-state index in [1.54, 1.807) is 11.7 Å². The van der Waals surface area contributed by atoms with Crippen molar-refractivity contribution in [3.8, 4) is 0 Å². The Morgan fingerprint density at radius 3 is 2.83 bits per heavy atom. The lowest BCUT2D eigenvalue weighted by atomic mass is 9.97. The average Bonchev–Trinajstić information content (AvgIpc) is 3.10. The molecule has 1 fully saturated rings. The summed E-state index contributed by atoms with van der Waals surface area (Å²) < 4.78 is 5.23. The number of aryl methyl sites for hydroxylation is 1. The minimum absolute atomic E-state index is 0.435. The van der Waals surface area contributed by atoms with Crippen molar-refractivity contribution < 1.29 is 10.0 Å². The van der Waals surface area contributed by atoms with Crippen molar-refractivity contribution in [2.24, 2.45) is 18.0 Å². The van der Waals surface area contributed by atoms with Gasteiger partial charge >= 0.3 is 0 Å². The molecule has 4 rings (SSSR count). The molecule has 1 aromatic carbocycles. The van der Waals surface area contributed by atoms with E-state index in [0.29, 0.717) is 11.5 Å². The molecule has 154 valence electrons. The molecule has 3 N–H and O–H groups in total. The Morgan fingerprint density at radius 1 is 1.31 bits per heavy atom. The van der Waals surface area contributed by atoms with Crippen LogP contribution >= 0.6 is 20.7 Å². The summed E-state index contributed by atoms with van der Waals surface area (Å²) in [6.45, 7) is 3.96. The Hall–Kier alpha value is -1.88. The van der Waals surface area contributed by atoms with Crippen molar-refractivity contribution in [1.29, 1.82) is 0 Å². The van der Waals surface area contributed by atoms with Crippen LogP contribution in [0.1, 0.15) is 18.4 Å². The number of amides is 1. The Morgan fingerprint density at radius 2 is 2.10 bits per heavy atom. The number of piperidine rings is 1. The van der Waals surface area contributed by atoms with Crippen LogP contribution in [0.2, 0.25) is 0 Å². The molecular formula is C21H26IN5O2. The molecule has 0 unspecified atom stereocenters. The van der Waals surface area contributed by atoms with E-state index < -0.39 is 26.6 Å². The first-order valence-corrected chi connectivity index (χ1v) is 12.2. The van der Waals surface area contributed by atoms with Crippen molar-refractivity contribution in [1.82, 2.24) is 20.3 Å². The lowest BCUT2D eigenvalue weighted by molar-refractivity contribution is -0.124. The predicted octanol–water partition coefficient (Wildman–Crippen LogP) is 2.51. The minimum Gasteiger partial charge on any atom is -0.350 e. The number of carbonyl (C=O) groups is 1. The second-order valence-electron chi connectivity index (χ2n) is 7.49. The van der Waals surface area contributed by atoms with E-state index in [1.165, 1.54) is 16.5 Å². The smallest absolute Gasteiger partial charge is 0.276 e. The highest BCUT2D eigenvalue weighted by atomic mass is 127. The Bertz CT molecular complexity index is 986. The number of aromatic nitrogens is 1. The lowest BCUT2D eigenvalue weighted by Crippen LogP contribution is -2.39. The van der Waals surface area contributed by atoms with Gasteiger partial charge in [0, 0.05) is 50.0 Å². The zero-order chi connectivity index (χ0) is 20.2. The fraction of sp³-hybridized carbons (Fsp3) is 0.381. The second-order valence-corrected chi connectivity index (χ2v) is 9.70. The Kier molecular flexibility index (Phi) is 6.53. The van der Waals surface area contributed by atoms with Crippen LogP contribution in [0.5, 0.6) is 0 Å². The normalized spacial score (nSPS) is 18.3. The monoisotopic (exact) mass is 507 g/mol. The molecule has 0 bridgehead atoms. The molecule has 3 heterocycles. The van der Waals surface area contributed by atoms with E-state index in [0.717, 1.165) is 42.8 Å². The highest BCUT2D eigenvalue weighted by Crippen LogP contribution is 2.23. The number of likely N-dealkylation sites (tertiary alicyclic amines) is 1. The number of aliphatic imine (C=N–C) groups is 1. The van der Waals surface area contributed by atoms with Crippen LogP contribution in [0.4, 0.5) is 0 Å². The van der Waals surface area contributed by atoms with Gasteiger partial charge in [-0.3, -0.25) is 14.9 Å². The van der Waals surface area contributed by atoms with Gasteiger partial charge in [-0.15, -0.1) is 0 Å². The van der Waals surface area contributed by atoms with E-state index in [4.69, 9.17) is 5.21 Å². The number of halogens is 1. The third-order valence-corrected chi connectivity index (χ3v) is 8.05. The van der Waals surface area contributed by atoms with Crippen molar-refractivity contribution in [2.45, 2.75) is 19.4 Å². The van der Waals surface area contributed by atoms with Crippen LogP contribution in [0.15, 0.2) is 45.1 Å². The van der Waals surface area contributed by atoms with Gasteiger partial charge in [0.15, 0.2) is 0 Å². The van der Waals surface area contributed by atoms with Gasteiger partial charge in [0.2, 0.25) is 0 Å². The molecule has 0 spiro atoms. The van der Waals surface area contributed by atoms with Gasteiger partial charge in [0.25, 0.3) is 5.91 Å². The number of nitrogens with one attached hydrogen (secondary N) is 2. The summed E-state index contributed by atoms with van der Waals surface area (Å²) in [5.74, 6) is 0.197. The fourth-order valence-corrected chi connectivity index (χ4v) is 6.14. The molecule has 1 amide bonds. The van der Waals surface area contributed by atoms with E-state index >= 15 is 0 Å². The molecular weight excluding hydrogens is 481 g/mol. The van der Waals surface area contributed by atoms with Gasteiger partial charge in [-0.25, -0.2) is 10.5 Å². The van der Waals surface area contributed by atoms with Gasteiger partial charge in [-0.1, -0.05) is 38.9 Å². The first kappa shape index (κ1) is 20.4. The molecule has 0 saturated carbocycles. The number of fused-ring (bicyclic) bond motifs is 1. The van der Waals surface area contributed by atoms with Crippen LogP contribution in [-0.2, 0) is 18.4 Å². The standard InChI is InChI=1S/C21H26IN5O2/c1-26-14-17(18-4-2-3-5-19(18)26)12-23-11-15-6-8-27(9-7-15)21-22-10-16(13-24-21)20(28)25-29/h2-5,10,13-15,23,29H,6-9,11-12H2,1H3,(H,25,28).